The number of hydrogen-bond donors (Lipinski definition) is 1. The van der Waals surface area contributed by atoms with Crippen molar-refractivity contribution >= 4 is 29.0 Å². The van der Waals surface area contributed by atoms with Crippen molar-refractivity contribution in [2.45, 2.75) is 12.3 Å². The van der Waals surface area contributed by atoms with Gasteiger partial charge in [0, 0.05) is 28.8 Å². The van der Waals surface area contributed by atoms with Gasteiger partial charge < -0.3 is 19.5 Å². The van der Waals surface area contributed by atoms with E-state index in [4.69, 9.17) is 14.2 Å². The highest BCUT2D eigenvalue weighted by molar-refractivity contribution is 7.99. The lowest BCUT2D eigenvalue weighted by Crippen LogP contribution is -2.24. The monoisotopic (exact) mass is 367 g/mol. The molecule has 1 aromatic heterocycles. The van der Waals surface area contributed by atoms with E-state index in [1.54, 1.807) is 50.5 Å². The van der Waals surface area contributed by atoms with Gasteiger partial charge in [-0.1, -0.05) is 6.07 Å². The van der Waals surface area contributed by atoms with Crippen molar-refractivity contribution < 1.29 is 19.0 Å². The van der Waals surface area contributed by atoms with Gasteiger partial charge in [-0.25, -0.2) is 0 Å². The summed E-state index contributed by atoms with van der Waals surface area (Å²) in [6, 6.07) is 7.66. The zero-order valence-corrected chi connectivity index (χ0v) is 15.6. The Hall–Kier alpha value is -1.86. The number of hydrogen-bond acceptors (Lipinski definition) is 6. The molecule has 1 N–H and O–H groups in total. The van der Waals surface area contributed by atoms with E-state index in [0.29, 0.717) is 29.5 Å². The van der Waals surface area contributed by atoms with Gasteiger partial charge in [-0.3, -0.25) is 4.79 Å². The lowest BCUT2D eigenvalue weighted by molar-refractivity contribution is -0.118. The van der Waals surface area contributed by atoms with E-state index in [2.05, 4.69) is 11.4 Å². The molecule has 0 fully saturated rings. The maximum Gasteiger partial charge on any atom is 0.230 e. The number of carbonyl (C=O) groups is 1. The van der Waals surface area contributed by atoms with Gasteiger partial charge in [0.1, 0.15) is 5.75 Å². The van der Waals surface area contributed by atoms with Crippen LogP contribution in [-0.4, -0.2) is 33.0 Å². The molecule has 0 aliphatic rings. The summed E-state index contributed by atoms with van der Waals surface area (Å²) >= 11 is 3.30. The van der Waals surface area contributed by atoms with Crippen LogP contribution in [0.3, 0.4) is 0 Å². The number of nitrogens with one attached hydrogen (secondary N) is 1. The van der Waals surface area contributed by atoms with Crippen molar-refractivity contribution in [2.75, 3.05) is 27.1 Å². The van der Waals surface area contributed by atoms with Gasteiger partial charge in [0.2, 0.25) is 5.91 Å². The fourth-order valence-corrected chi connectivity index (χ4v) is 3.81. The Kier molecular flexibility index (Phi) is 7.27. The number of thiophene rings is 1. The summed E-state index contributed by atoms with van der Waals surface area (Å²) in [6.07, 6.45) is 0. The second-order valence-electron chi connectivity index (χ2n) is 4.87. The van der Waals surface area contributed by atoms with Gasteiger partial charge in [-0.15, -0.1) is 23.1 Å². The number of rotatable bonds is 9. The molecule has 1 aromatic carbocycles. The number of thioether (sulfide) groups is 1. The molecule has 0 saturated heterocycles. The van der Waals surface area contributed by atoms with Crippen molar-refractivity contribution in [1.29, 1.82) is 0 Å². The molecule has 5 nitrogen and oxygen atoms in total. The molecule has 0 bridgehead atoms. The van der Waals surface area contributed by atoms with Crippen molar-refractivity contribution in [3.05, 3.63) is 40.1 Å². The van der Waals surface area contributed by atoms with Gasteiger partial charge in [-0.2, -0.15) is 0 Å². The molecular formula is C17H21NO4S2. The number of ether oxygens (including phenoxy) is 3. The van der Waals surface area contributed by atoms with Gasteiger partial charge in [0.05, 0.1) is 27.1 Å². The van der Waals surface area contributed by atoms with Crippen LogP contribution in [0.5, 0.6) is 17.2 Å². The first-order chi connectivity index (χ1) is 11.7. The van der Waals surface area contributed by atoms with Crippen molar-refractivity contribution in [3.8, 4) is 17.2 Å². The third-order valence-corrected chi connectivity index (χ3v) is 5.36. The zero-order chi connectivity index (χ0) is 17.4. The van der Waals surface area contributed by atoms with Crippen LogP contribution in [0.25, 0.3) is 0 Å². The third-order valence-electron chi connectivity index (χ3n) is 3.32. The number of amides is 1. The largest absolute Gasteiger partial charge is 0.496 e. The minimum absolute atomic E-state index is 0.00612. The number of benzene rings is 1. The fourth-order valence-electron chi connectivity index (χ4n) is 2.11. The van der Waals surface area contributed by atoms with Crippen LogP contribution < -0.4 is 19.5 Å². The van der Waals surface area contributed by atoms with Crippen LogP contribution in [0.2, 0.25) is 0 Å². The first kappa shape index (κ1) is 18.5. The molecule has 0 saturated carbocycles. The topological polar surface area (TPSA) is 56.8 Å². The Morgan fingerprint density at radius 1 is 1.12 bits per heavy atom. The molecule has 0 aliphatic carbocycles. The summed E-state index contributed by atoms with van der Waals surface area (Å²) in [5, 5.41) is 4.95. The van der Waals surface area contributed by atoms with Gasteiger partial charge >= 0.3 is 0 Å². The Morgan fingerprint density at radius 3 is 2.46 bits per heavy atom. The highest BCUT2D eigenvalue weighted by Gasteiger charge is 2.12. The number of carbonyl (C=O) groups excluding carboxylic acids is 1. The van der Waals surface area contributed by atoms with Crippen LogP contribution in [0.1, 0.15) is 10.4 Å². The predicted molar refractivity (Wildman–Crippen MR) is 98.4 cm³/mol. The molecule has 1 amide bonds. The van der Waals surface area contributed by atoms with Gasteiger partial charge in [0.25, 0.3) is 0 Å². The average Bonchev–Trinajstić information content (AvgIpc) is 3.12. The van der Waals surface area contributed by atoms with Crippen molar-refractivity contribution in [3.63, 3.8) is 0 Å². The molecule has 24 heavy (non-hydrogen) atoms. The lowest BCUT2D eigenvalue weighted by Gasteiger charge is -2.14. The summed E-state index contributed by atoms with van der Waals surface area (Å²) in [4.78, 5) is 13.3. The highest BCUT2D eigenvalue weighted by Crippen LogP contribution is 2.34. The lowest BCUT2D eigenvalue weighted by atomic mass is 10.1. The zero-order valence-electron chi connectivity index (χ0n) is 14.0. The molecule has 2 rings (SSSR count). The summed E-state index contributed by atoms with van der Waals surface area (Å²) in [6.45, 7) is 0.377. The van der Waals surface area contributed by atoms with Crippen LogP contribution in [0.15, 0.2) is 29.6 Å². The van der Waals surface area contributed by atoms with E-state index in [1.165, 1.54) is 4.88 Å². The Morgan fingerprint density at radius 2 is 1.83 bits per heavy atom. The summed E-state index contributed by atoms with van der Waals surface area (Å²) in [7, 11) is 4.74. The minimum atomic E-state index is -0.00612. The maximum atomic E-state index is 12.0. The Balaban J connectivity index is 1.89. The maximum absolute atomic E-state index is 12.0. The molecule has 0 unspecified atom stereocenters. The molecule has 0 spiro atoms. The second-order valence-corrected chi connectivity index (χ2v) is 6.89. The molecule has 0 radical (unpaired) electrons. The second kappa shape index (κ2) is 9.44. The van der Waals surface area contributed by atoms with E-state index in [-0.39, 0.29) is 5.91 Å². The van der Waals surface area contributed by atoms with Gasteiger partial charge in [0.15, 0.2) is 11.5 Å². The molecular weight excluding hydrogens is 346 g/mol. The van der Waals surface area contributed by atoms with E-state index >= 15 is 0 Å². The van der Waals surface area contributed by atoms with Gasteiger partial charge in [-0.05, 0) is 17.5 Å². The normalized spacial score (nSPS) is 10.3. The van der Waals surface area contributed by atoms with E-state index in [0.717, 1.165) is 11.3 Å². The standard InChI is InChI=1S/C17H21NO4S2/c1-20-14-8-16(22-3)15(21-2)7-12(14)9-18-17(19)11-23-10-13-5-4-6-24-13/h4-8H,9-11H2,1-3H3,(H,18,19). The SMILES string of the molecule is COc1cc(OC)c(OC)cc1CNC(=O)CSCc1cccs1. The molecule has 1 heterocycles. The molecule has 130 valence electrons. The quantitative estimate of drug-likeness (QED) is 0.737. The molecule has 2 aromatic rings. The first-order valence-electron chi connectivity index (χ1n) is 7.33. The van der Waals surface area contributed by atoms with E-state index < -0.39 is 0 Å². The Labute approximate surface area is 150 Å². The fraction of sp³-hybridized carbons (Fsp3) is 0.353. The van der Waals surface area contributed by atoms with Crippen molar-refractivity contribution in [2.24, 2.45) is 0 Å². The summed E-state index contributed by atoms with van der Waals surface area (Å²) < 4.78 is 15.9. The molecule has 0 aliphatic heterocycles. The highest BCUT2D eigenvalue weighted by atomic mass is 32.2. The molecule has 7 heteroatoms. The van der Waals surface area contributed by atoms with Crippen molar-refractivity contribution in [1.82, 2.24) is 5.32 Å². The Bertz CT molecular complexity index is 659. The third kappa shape index (κ3) is 5.07. The first-order valence-corrected chi connectivity index (χ1v) is 9.37. The summed E-state index contributed by atoms with van der Waals surface area (Å²) in [5.74, 6) is 3.12. The summed E-state index contributed by atoms with van der Waals surface area (Å²) in [5.41, 5.74) is 0.840. The minimum Gasteiger partial charge on any atom is -0.496 e. The van der Waals surface area contributed by atoms with E-state index in [9.17, 15) is 4.79 Å². The van der Waals surface area contributed by atoms with E-state index in [1.807, 2.05) is 17.5 Å². The van der Waals surface area contributed by atoms with Crippen LogP contribution >= 0.6 is 23.1 Å². The van der Waals surface area contributed by atoms with Crippen LogP contribution in [-0.2, 0) is 17.1 Å². The van der Waals surface area contributed by atoms with Crippen LogP contribution in [0, 0.1) is 0 Å². The number of methoxy groups -OCH3 is 3. The average molecular weight is 367 g/mol. The smallest absolute Gasteiger partial charge is 0.230 e. The van der Waals surface area contributed by atoms with Crippen LogP contribution in [0.4, 0.5) is 0 Å². The predicted octanol–water partition coefficient (Wildman–Crippen LogP) is 3.32. The molecule has 0 atom stereocenters.